The van der Waals surface area contributed by atoms with Gasteiger partial charge in [0.05, 0.1) is 15.5 Å². The molecule has 0 radical (unpaired) electrons. The third kappa shape index (κ3) is 6.30. The number of benzene rings is 1. The molecule has 0 aliphatic rings. The molecule has 1 aromatic heterocycles. The number of unbranched alkanes of at least 4 members (excludes halogenated alkanes) is 1. The maximum atomic E-state index is 12.1. The van der Waals surface area contributed by atoms with Crippen LogP contribution in [0.1, 0.15) is 25.5 Å². The van der Waals surface area contributed by atoms with Gasteiger partial charge in [-0.05, 0) is 31.0 Å². The van der Waals surface area contributed by atoms with E-state index >= 15 is 0 Å². The smallest absolute Gasteiger partial charge is 0.744 e. The standard InChI is InChI=1S/C13H16N2O7S2.2Na/c1-2-3-4-9-7-13(16)15(14-9)11-8-10(23(17,18)19)5-6-12(11)24(20,21)22;;/h5-8,14H,2-4H2,1H3,(H,17,18,19)(H,20,21,22);;/q;2*+1/p-2. The number of aromatic amines is 1. The summed E-state index contributed by atoms with van der Waals surface area (Å²) in [5, 5.41) is 2.63. The fraction of sp³-hybridized carbons (Fsp3) is 0.308. The Labute approximate surface area is 195 Å². The summed E-state index contributed by atoms with van der Waals surface area (Å²) in [6, 6.07) is 3.31. The van der Waals surface area contributed by atoms with E-state index in [1.165, 1.54) is 6.07 Å². The summed E-state index contributed by atoms with van der Waals surface area (Å²) in [5.74, 6) is 0. The molecule has 2 aromatic rings. The monoisotopic (exact) mass is 420 g/mol. The van der Waals surface area contributed by atoms with Gasteiger partial charge in [0, 0.05) is 11.8 Å². The summed E-state index contributed by atoms with van der Waals surface area (Å²) < 4.78 is 68.2. The van der Waals surface area contributed by atoms with Gasteiger partial charge in [-0.2, -0.15) is 0 Å². The average molecular weight is 420 g/mol. The van der Waals surface area contributed by atoms with Gasteiger partial charge in [0.2, 0.25) is 0 Å². The summed E-state index contributed by atoms with van der Waals surface area (Å²) in [6.07, 6.45) is 2.14. The first-order chi connectivity index (χ1) is 11.0. The van der Waals surface area contributed by atoms with Gasteiger partial charge in [-0.15, -0.1) is 0 Å². The first-order valence-corrected chi connectivity index (χ1v) is 9.73. The van der Waals surface area contributed by atoms with E-state index in [0.29, 0.717) is 30.3 Å². The number of nitrogens with one attached hydrogen (secondary N) is 1. The maximum absolute atomic E-state index is 12.1. The second kappa shape index (κ2) is 10.0. The molecule has 0 aliphatic heterocycles. The van der Waals surface area contributed by atoms with E-state index in [1.54, 1.807) is 0 Å². The van der Waals surface area contributed by atoms with Gasteiger partial charge in [0.1, 0.15) is 20.2 Å². The van der Waals surface area contributed by atoms with Gasteiger partial charge >= 0.3 is 59.1 Å². The molecule has 0 aliphatic carbocycles. The predicted octanol–water partition coefficient (Wildman–Crippen LogP) is -5.68. The van der Waals surface area contributed by atoms with Crippen molar-refractivity contribution in [2.75, 3.05) is 0 Å². The first kappa shape index (κ1) is 26.1. The van der Waals surface area contributed by atoms with Crippen molar-refractivity contribution < 1.29 is 85.1 Å². The molecule has 0 unspecified atom stereocenters. The summed E-state index contributed by atoms with van der Waals surface area (Å²) in [5.41, 5.74) is -0.687. The second-order valence-corrected chi connectivity index (χ2v) is 7.82. The molecule has 2 rings (SSSR count). The molecule has 1 aromatic carbocycles. The van der Waals surface area contributed by atoms with Gasteiger partial charge in [0.15, 0.2) is 0 Å². The van der Waals surface area contributed by atoms with E-state index in [4.69, 9.17) is 0 Å². The van der Waals surface area contributed by atoms with Crippen LogP contribution < -0.4 is 64.7 Å². The zero-order chi connectivity index (χ0) is 18.1. The molecule has 13 heteroatoms. The Hall–Kier alpha value is 0.0500. The number of aromatic nitrogens is 2. The predicted molar refractivity (Wildman–Crippen MR) is 80.9 cm³/mol. The van der Waals surface area contributed by atoms with Crippen LogP contribution >= 0.6 is 0 Å². The number of hydrogen-bond acceptors (Lipinski definition) is 7. The molecule has 1 heterocycles. The van der Waals surface area contributed by atoms with E-state index in [0.717, 1.165) is 17.5 Å². The average Bonchev–Trinajstić information content (AvgIpc) is 2.83. The second-order valence-electron chi connectivity index (χ2n) is 5.10. The molecular formula is C13H14N2Na2O7S2. The molecule has 0 spiro atoms. The van der Waals surface area contributed by atoms with Crippen molar-refractivity contribution in [1.29, 1.82) is 0 Å². The van der Waals surface area contributed by atoms with Crippen molar-refractivity contribution in [2.24, 2.45) is 0 Å². The van der Waals surface area contributed by atoms with Gasteiger partial charge in [-0.3, -0.25) is 9.89 Å². The SMILES string of the molecule is CCCCc1cc(=O)n(-c2cc(S(=O)(=O)[O-])ccc2S(=O)(=O)[O-])[nH]1.[Na+].[Na+]. The Morgan fingerprint density at radius 3 is 2.15 bits per heavy atom. The zero-order valence-corrected chi connectivity index (χ0v) is 20.2. The molecule has 132 valence electrons. The van der Waals surface area contributed by atoms with Crippen molar-refractivity contribution in [3.05, 3.63) is 40.3 Å². The van der Waals surface area contributed by atoms with Gasteiger partial charge in [-0.1, -0.05) is 13.3 Å². The summed E-state index contributed by atoms with van der Waals surface area (Å²) in [6.45, 7) is 1.94. The van der Waals surface area contributed by atoms with Crippen molar-refractivity contribution in [3.8, 4) is 5.69 Å². The van der Waals surface area contributed by atoms with Gasteiger partial charge in [0.25, 0.3) is 5.56 Å². The van der Waals surface area contributed by atoms with Crippen molar-refractivity contribution in [3.63, 3.8) is 0 Å². The number of rotatable bonds is 6. The molecule has 0 bridgehead atoms. The third-order valence-electron chi connectivity index (χ3n) is 3.30. The Morgan fingerprint density at radius 1 is 1.04 bits per heavy atom. The summed E-state index contributed by atoms with van der Waals surface area (Å²) in [4.78, 5) is 10.5. The summed E-state index contributed by atoms with van der Waals surface area (Å²) >= 11 is 0. The van der Waals surface area contributed by atoms with Crippen LogP contribution in [0, 0.1) is 0 Å². The number of H-pyrrole nitrogens is 1. The molecule has 1 N–H and O–H groups in total. The molecule has 26 heavy (non-hydrogen) atoms. The Kier molecular flexibility index (Phi) is 10.0. The van der Waals surface area contributed by atoms with Crippen LogP contribution in [0.25, 0.3) is 5.69 Å². The molecule has 0 fully saturated rings. The van der Waals surface area contributed by atoms with Crippen LogP contribution in [0.15, 0.2) is 38.9 Å². The van der Waals surface area contributed by atoms with Crippen LogP contribution in [-0.4, -0.2) is 35.7 Å². The fourth-order valence-corrected chi connectivity index (χ4v) is 3.29. The largest absolute Gasteiger partial charge is 1.00 e. The van der Waals surface area contributed by atoms with E-state index in [1.807, 2.05) is 6.92 Å². The molecule has 0 atom stereocenters. The normalized spacial score (nSPS) is 11.5. The fourth-order valence-electron chi connectivity index (χ4n) is 2.16. The van der Waals surface area contributed by atoms with Crippen LogP contribution in [0.5, 0.6) is 0 Å². The van der Waals surface area contributed by atoms with Crippen LogP contribution in [0.4, 0.5) is 0 Å². The topological polar surface area (TPSA) is 152 Å². The van der Waals surface area contributed by atoms with E-state index < -0.39 is 41.3 Å². The van der Waals surface area contributed by atoms with Gasteiger partial charge < -0.3 is 9.11 Å². The Morgan fingerprint density at radius 2 is 1.65 bits per heavy atom. The Bertz CT molecular complexity index is 1030. The van der Waals surface area contributed by atoms with Crippen molar-refractivity contribution >= 4 is 20.2 Å². The number of aryl methyl sites for hydroxylation is 1. The van der Waals surface area contributed by atoms with Crippen LogP contribution in [0.3, 0.4) is 0 Å². The minimum absolute atomic E-state index is 0. The quantitative estimate of drug-likeness (QED) is 0.361. The summed E-state index contributed by atoms with van der Waals surface area (Å²) in [7, 11) is -9.89. The van der Waals surface area contributed by atoms with Crippen LogP contribution in [-0.2, 0) is 26.7 Å². The first-order valence-electron chi connectivity index (χ1n) is 6.91. The van der Waals surface area contributed by atoms with Crippen molar-refractivity contribution in [2.45, 2.75) is 36.0 Å². The molecule has 0 saturated carbocycles. The maximum Gasteiger partial charge on any atom is 1.00 e. The minimum Gasteiger partial charge on any atom is -0.744 e. The Balaban J connectivity index is 0.00000312. The molecular weight excluding hydrogens is 406 g/mol. The van der Waals surface area contributed by atoms with E-state index in [9.17, 15) is 30.7 Å². The minimum atomic E-state index is -4.99. The van der Waals surface area contributed by atoms with E-state index in [-0.39, 0.29) is 59.1 Å². The number of hydrogen-bond donors (Lipinski definition) is 1. The molecule has 9 nitrogen and oxygen atoms in total. The van der Waals surface area contributed by atoms with Gasteiger partial charge in [-0.25, -0.2) is 21.5 Å². The molecule has 0 saturated heterocycles. The zero-order valence-electron chi connectivity index (χ0n) is 14.6. The molecule has 0 amide bonds. The number of nitrogens with zero attached hydrogens (tertiary/aromatic N) is 1. The van der Waals surface area contributed by atoms with Crippen molar-refractivity contribution in [1.82, 2.24) is 9.78 Å². The third-order valence-corrected chi connectivity index (χ3v) is 5.02. The van der Waals surface area contributed by atoms with Crippen LogP contribution in [0.2, 0.25) is 0 Å². The van der Waals surface area contributed by atoms with E-state index in [2.05, 4.69) is 5.10 Å².